The maximum atomic E-state index is 10.5. The Bertz CT molecular complexity index is 572. The van der Waals surface area contributed by atoms with Crippen LogP contribution in [0, 0.1) is 10.1 Å². The minimum atomic E-state index is -0.680. The smallest absolute Gasteiger partial charge is 0.269 e. The van der Waals surface area contributed by atoms with Gasteiger partial charge in [-0.2, -0.15) is 0 Å². The van der Waals surface area contributed by atoms with Gasteiger partial charge in [0.05, 0.1) is 4.92 Å². The summed E-state index contributed by atoms with van der Waals surface area (Å²) in [4.78, 5) is 10.0. The van der Waals surface area contributed by atoms with Crippen molar-refractivity contribution in [2.75, 3.05) is 18.5 Å². The van der Waals surface area contributed by atoms with E-state index in [1.54, 1.807) is 0 Å². The number of nitrogens with zero attached hydrogens (tertiary/aromatic N) is 1. The minimum Gasteiger partial charge on any atom is -0.491 e. The van der Waals surface area contributed by atoms with E-state index in [1.807, 2.05) is 30.3 Å². The number of aliphatic hydroxyl groups excluding tert-OH is 1. The first-order valence-electron chi connectivity index (χ1n) is 6.49. The zero-order valence-corrected chi connectivity index (χ0v) is 11.3. The molecule has 2 N–H and O–H groups in total. The van der Waals surface area contributed by atoms with E-state index in [4.69, 9.17) is 4.74 Å². The molecule has 0 radical (unpaired) electrons. The lowest BCUT2D eigenvalue weighted by molar-refractivity contribution is -0.384. The second-order valence-electron chi connectivity index (χ2n) is 4.46. The van der Waals surface area contributed by atoms with E-state index in [9.17, 15) is 15.2 Å². The molecule has 0 saturated heterocycles. The van der Waals surface area contributed by atoms with Crippen LogP contribution in [-0.4, -0.2) is 29.3 Å². The Balaban J connectivity index is 1.75. The van der Waals surface area contributed by atoms with Gasteiger partial charge in [0.1, 0.15) is 18.5 Å². The van der Waals surface area contributed by atoms with Crippen molar-refractivity contribution in [2.24, 2.45) is 0 Å². The Kier molecular flexibility index (Phi) is 5.11. The normalized spacial score (nSPS) is 11.7. The average Bonchev–Trinajstić information content (AvgIpc) is 2.52. The van der Waals surface area contributed by atoms with Gasteiger partial charge >= 0.3 is 0 Å². The van der Waals surface area contributed by atoms with Crippen molar-refractivity contribution < 1.29 is 14.8 Å². The molecule has 6 nitrogen and oxygen atoms in total. The summed E-state index contributed by atoms with van der Waals surface area (Å²) in [7, 11) is 0. The summed E-state index contributed by atoms with van der Waals surface area (Å²) < 4.78 is 5.38. The molecule has 0 spiro atoms. The van der Waals surface area contributed by atoms with Gasteiger partial charge in [-0.1, -0.05) is 18.2 Å². The van der Waals surface area contributed by atoms with Gasteiger partial charge in [-0.3, -0.25) is 10.1 Å². The lowest BCUT2D eigenvalue weighted by atomic mass is 10.3. The molecule has 0 aliphatic heterocycles. The first-order chi connectivity index (χ1) is 10.1. The number of non-ortho nitro benzene ring substituents is 1. The summed E-state index contributed by atoms with van der Waals surface area (Å²) in [6, 6.07) is 15.3. The fourth-order valence-corrected chi connectivity index (χ4v) is 1.71. The molecule has 0 aliphatic rings. The molecule has 0 amide bonds. The van der Waals surface area contributed by atoms with Gasteiger partial charge in [0.25, 0.3) is 5.69 Å². The van der Waals surface area contributed by atoms with Gasteiger partial charge in [0.2, 0.25) is 0 Å². The van der Waals surface area contributed by atoms with Crippen LogP contribution in [0.1, 0.15) is 0 Å². The highest BCUT2D eigenvalue weighted by atomic mass is 16.6. The fraction of sp³-hybridized carbons (Fsp3) is 0.200. The maximum Gasteiger partial charge on any atom is 0.269 e. The highest BCUT2D eigenvalue weighted by Crippen LogP contribution is 2.17. The number of benzene rings is 2. The van der Waals surface area contributed by atoms with E-state index in [0.717, 1.165) is 5.69 Å². The molecule has 2 aromatic rings. The second-order valence-corrected chi connectivity index (χ2v) is 4.46. The number of para-hydroxylation sites is 1. The van der Waals surface area contributed by atoms with Crippen molar-refractivity contribution in [1.82, 2.24) is 0 Å². The number of nitro groups is 1. The lowest BCUT2D eigenvalue weighted by Crippen LogP contribution is -2.26. The first-order valence-corrected chi connectivity index (χ1v) is 6.49. The van der Waals surface area contributed by atoms with E-state index >= 15 is 0 Å². The fourth-order valence-electron chi connectivity index (χ4n) is 1.71. The number of hydrogen-bond donors (Lipinski definition) is 2. The average molecular weight is 288 g/mol. The maximum absolute atomic E-state index is 10.5. The zero-order valence-electron chi connectivity index (χ0n) is 11.3. The highest BCUT2D eigenvalue weighted by Gasteiger charge is 2.07. The molecule has 0 fully saturated rings. The summed E-state index contributed by atoms with van der Waals surface area (Å²) in [6.07, 6.45) is -0.680. The Morgan fingerprint density at radius 2 is 1.81 bits per heavy atom. The summed E-state index contributed by atoms with van der Waals surface area (Å²) in [5.74, 6) is 0.486. The van der Waals surface area contributed by atoms with E-state index in [1.165, 1.54) is 24.3 Å². The van der Waals surface area contributed by atoms with Crippen LogP contribution in [0.2, 0.25) is 0 Å². The molecule has 110 valence electrons. The molecule has 6 heteroatoms. The van der Waals surface area contributed by atoms with Crippen LogP contribution < -0.4 is 10.1 Å². The number of ether oxygens (including phenoxy) is 1. The number of nitro benzene ring substituents is 1. The first kappa shape index (κ1) is 14.8. The molecular formula is C15H16N2O4. The highest BCUT2D eigenvalue weighted by molar-refractivity contribution is 5.42. The quantitative estimate of drug-likeness (QED) is 0.604. The Morgan fingerprint density at radius 1 is 1.14 bits per heavy atom. The molecule has 21 heavy (non-hydrogen) atoms. The number of anilines is 1. The Labute approximate surface area is 122 Å². The molecule has 0 bridgehead atoms. The Hall–Kier alpha value is -2.60. The summed E-state index contributed by atoms with van der Waals surface area (Å²) in [6.45, 7) is 0.467. The molecule has 0 unspecified atom stereocenters. The topological polar surface area (TPSA) is 84.6 Å². The van der Waals surface area contributed by atoms with Gasteiger partial charge in [-0.15, -0.1) is 0 Å². The third-order valence-corrected chi connectivity index (χ3v) is 2.81. The van der Waals surface area contributed by atoms with Crippen molar-refractivity contribution in [2.45, 2.75) is 6.10 Å². The zero-order chi connectivity index (χ0) is 15.1. The van der Waals surface area contributed by atoms with Crippen molar-refractivity contribution >= 4 is 11.4 Å². The van der Waals surface area contributed by atoms with Crippen LogP contribution in [0.4, 0.5) is 11.4 Å². The van der Waals surface area contributed by atoms with Crippen molar-refractivity contribution in [3.63, 3.8) is 0 Å². The van der Waals surface area contributed by atoms with Crippen LogP contribution in [-0.2, 0) is 0 Å². The minimum absolute atomic E-state index is 0.00800. The monoisotopic (exact) mass is 288 g/mol. The number of rotatable bonds is 7. The van der Waals surface area contributed by atoms with E-state index in [2.05, 4.69) is 5.32 Å². The van der Waals surface area contributed by atoms with Gasteiger partial charge < -0.3 is 15.2 Å². The van der Waals surface area contributed by atoms with Crippen molar-refractivity contribution in [3.8, 4) is 5.75 Å². The summed E-state index contributed by atoms with van der Waals surface area (Å²) in [5, 5.41) is 23.4. The van der Waals surface area contributed by atoms with E-state index in [-0.39, 0.29) is 12.3 Å². The predicted octanol–water partition coefficient (Wildman–Crippen LogP) is 2.45. The van der Waals surface area contributed by atoms with Gasteiger partial charge in [0.15, 0.2) is 0 Å². The van der Waals surface area contributed by atoms with Crippen LogP contribution in [0.25, 0.3) is 0 Å². The number of nitrogens with one attached hydrogen (secondary N) is 1. The van der Waals surface area contributed by atoms with Crippen LogP contribution in [0.5, 0.6) is 5.75 Å². The van der Waals surface area contributed by atoms with Crippen LogP contribution in [0.3, 0.4) is 0 Å². The van der Waals surface area contributed by atoms with Gasteiger partial charge in [0, 0.05) is 24.4 Å². The summed E-state index contributed by atoms with van der Waals surface area (Å²) >= 11 is 0. The molecule has 0 heterocycles. The number of aliphatic hydroxyl groups is 1. The predicted molar refractivity (Wildman–Crippen MR) is 79.5 cm³/mol. The van der Waals surface area contributed by atoms with E-state index < -0.39 is 11.0 Å². The number of hydrogen-bond acceptors (Lipinski definition) is 5. The third kappa shape index (κ3) is 4.77. The molecule has 2 rings (SSSR count). The standard InChI is InChI=1S/C15H16N2O4/c18-14(10-16-12-4-2-1-3-5-12)11-21-15-8-6-13(7-9-15)17(19)20/h1-9,14,16,18H,10-11H2/t14-/m1/s1. The van der Waals surface area contributed by atoms with Crippen molar-refractivity contribution in [1.29, 1.82) is 0 Å². The molecule has 0 aromatic heterocycles. The molecule has 2 aromatic carbocycles. The second kappa shape index (κ2) is 7.25. The third-order valence-electron chi connectivity index (χ3n) is 2.81. The van der Waals surface area contributed by atoms with Crippen LogP contribution in [0.15, 0.2) is 54.6 Å². The summed E-state index contributed by atoms with van der Waals surface area (Å²) in [5.41, 5.74) is 0.931. The lowest BCUT2D eigenvalue weighted by Gasteiger charge is -2.14. The molecule has 1 atom stereocenters. The van der Waals surface area contributed by atoms with Gasteiger partial charge in [-0.05, 0) is 24.3 Å². The molecule has 0 saturated carbocycles. The SMILES string of the molecule is O=[N+]([O-])c1ccc(OC[C@H](O)CNc2ccccc2)cc1. The van der Waals surface area contributed by atoms with Gasteiger partial charge in [-0.25, -0.2) is 0 Å². The Morgan fingerprint density at radius 3 is 2.43 bits per heavy atom. The van der Waals surface area contributed by atoms with Crippen molar-refractivity contribution in [3.05, 3.63) is 64.7 Å². The largest absolute Gasteiger partial charge is 0.491 e. The van der Waals surface area contributed by atoms with Crippen LogP contribution >= 0.6 is 0 Å². The molecule has 0 aliphatic carbocycles. The van der Waals surface area contributed by atoms with E-state index in [0.29, 0.717) is 12.3 Å². The molecular weight excluding hydrogens is 272 g/mol.